The van der Waals surface area contributed by atoms with Gasteiger partial charge in [-0.05, 0) is 54.5 Å². The minimum atomic E-state index is -2.80. The molecule has 1 N–H and O–H groups in total. The molecule has 3 heterocycles. The summed E-state index contributed by atoms with van der Waals surface area (Å²) in [6.45, 7) is 3.00. The molecular formula is C31H26F2N6O2S2. The number of halogens is 2. The van der Waals surface area contributed by atoms with Crippen molar-refractivity contribution < 1.29 is 18.3 Å². The fourth-order valence-electron chi connectivity index (χ4n) is 4.58. The van der Waals surface area contributed by atoms with Crippen LogP contribution >= 0.6 is 24.0 Å². The van der Waals surface area contributed by atoms with Crippen molar-refractivity contribution in [2.75, 3.05) is 7.11 Å². The quantitative estimate of drug-likeness (QED) is 0.125. The van der Waals surface area contributed by atoms with Crippen LogP contribution in [0.25, 0.3) is 17.2 Å². The van der Waals surface area contributed by atoms with Crippen LogP contribution in [0.4, 0.5) is 8.78 Å². The molecule has 8 nitrogen and oxygen atoms in total. The number of benzene rings is 2. The molecule has 0 bridgehead atoms. The average Bonchev–Trinajstić information content (AvgIpc) is 3.59. The average molecular weight is 617 g/mol. The number of aromatic nitrogens is 3. The first-order valence-corrected chi connectivity index (χ1v) is 14.6. The Morgan fingerprint density at radius 3 is 2.67 bits per heavy atom. The number of hydrogen-bond acceptors (Lipinski definition) is 7. The molecule has 0 spiro atoms. The molecule has 1 aliphatic rings. The molecule has 1 saturated heterocycles. The van der Waals surface area contributed by atoms with Crippen molar-refractivity contribution in [1.82, 2.24) is 25.0 Å². The number of rotatable bonds is 10. The number of nitrogens with one attached hydrogen (secondary N) is 1. The minimum absolute atomic E-state index is 0.199. The lowest BCUT2D eigenvalue weighted by Gasteiger charge is -2.13. The third-order valence-corrected chi connectivity index (χ3v) is 8.07. The lowest BCUT2D eigenvalue weighted by Crippen LogP contribution is -2.29. The van der Waals surface area contributed by atoms with Crippen molar-refractivity contribution in [2.45, 2.75) is 37.2 Å². The normalized spacial score (nSPS) is 14.0. The standard InChI is InChI=1S/C31H26F2N6O2S2/c1-3-38-16-20(15-35-38)17-39-30(40)26(37-31(39)42)12-19-9-10-27(41-2)22(11-19)18-43-29-24(14-34)23(13-25(36-29)28(32)33)21-7-5-4-6-8-21/h4-13,15-16,28H,3,17-18H2,1-2H3,(H,37,42)/b26-12+. The number of carbonyl (C=O) groups is 1. The molecule has 0 aliphatic carbocycles. The molecule has 1 fully saturated rings. The van der Waals surface area contributed by atoms with Gasteiger partial charge in [0, 0.05) is 35.2 Å². The first-order valence-electron chi connectivity index (χ1n) is 13.3. The highest BCUT2D eigenvalue weighted by molar-refractivity contribution is 7.98. The third-order valence-electron chi connectivity index (χ3n) is 6.72. The van der Waals surface area contributed by atoms with Crippen LogP contribution in [0.5, 0.6) is 5.75 Å². The van der Waals surface area contributed by atoms with E-state index in [4.69, 9.17) is 17.0 Å². The van der Waals surface area contributed by atoms with Crippen LogP contribution in [0, 0.1) is 11.3 Å². The summed E-state index contributed by atoms with van der Waals surface area (Å²) >= 11 is 6.59. The maximum absolute atomic E-state index is 13.8. The van der Waals surface area contributed by atoms with E-state index in [1.54, 1.807) is 53.4 Å². The van der Waals surface area contributed by atoms with Crippen molar-refractivity contribution >= 4 is 41.1 Å². The van der Waals surface area contributed by atoms with Gasteiger partial charge >= 0.3 is 0 Å². The highest BCUT2D eigenvalue weighted by atomic mass is 32.2. The molecule has 0 saturated carbocycles. The van der Waals surface area contributed by atoms with Crippen molar-refractivity contribution in [3.8, 4) is 22.9 Å². The summed E-state index contributed by atoms with van der Waals surface area (Å²) in [7, 11) is 1.53. The number of hydrogen-bond donors (Lipinski definition) is 1. The first-order chi connectivity index (χ1) is 20.8. The number of ether oxygens (including phenoxy) is 1. The number of amides is 1. The van der Waals surface area contributed by atoms with Crippen LogP contribution in [0.3, 0.4) is 0 Å². The second-order valence-electron chi connectivity index (χ2n) is 9.50. The molecule has 12 heteroatoms. The van der Waals surface area contributed by atoms with Crippen LogP contribution < -0.4 is 10.1 Å². The summed E-state index contributed by atoms with van der Waals surface area (Å²) < 4.78 is 34.9. The SMILES string of the molecule is CCn1cc(CN2C(=O)/C(=C\c3ccc(OC)c(CSc4nc(C(F)F)cc(-c5ccccc5)c4C#N)c3)NC2=S)cn1. The van der Waals surface area contributed by atoms with Gasteiger partial charge in [-0.1, -0.05) is 36.4 Å². The third kappa shape index (κ3) is 6.58. The Kier molecular flexibility index (Phi) is 9.13. The molecule has 1 amide bonds. The number of pyridine rings is 1. The van der Waals surface area contributed by atoms with E-state index in [9.17, 15) is 18.8 Å². The van der Waals surface area contributed by atoms with Gasteiger partial charge in [0.25, 0.3) is 12.3 Å². The molecule has 4 aromatic rings. The summed E-state index contributed by atoms with van der Waals surface area (Å²) in [5, 5.41) is 17.7. The Hall–Kier alpha value is -4.60. The number of thiocarbonyl (C=S) groups is 1. The van der Waals surface area contributed by atoms with Gasteiger partial charge in [0.2, 0.25) is 0 Å². The molecule has 5 rings (SSSR count). The zero-order valence-corrected chi connectivity index (χ0v) is 24.9. The zero-order valence-electron chi connectivity index (χ0n) is 23.3. The first kappa shape index (κ1) is 29.9. The van der Waals surface area contributed by atoms with Gasteiger partial charge in [-0.15, -0.1) is 11.8 Å². The number of carbonyl (C=O) groups excluding carboxylic acids is 1. The molecule has 43 heavy (non-hydrogen) atoms. The van der Waals surface area contributed by atoms with E-state index in [-0.39, 0.29) is 22.2 Å². The lowest BCUT2D eigenvalue weighted by atomic mass is 10.0. The van der Waals surface area contributed by atoms with E-state index in [2.05, 4.69) is 21.5 Å². The minimum Gasteiger partial charge on any atom is -0.496 e. The van der Waals surface area contributed by atoms with Gasteiger partial charge in [0.05, 0.1) is 25.4 Å². The monoisotopic (exact) mass is 616 g/mol. The van der Waals surface area contributed by atoms with Gasteiger partial charge in [-0.3, -0.25) is 14.4 Å². The van der Waals surface area contributed by atoms with Gasteiger partial charge in [-0.2, -0.15) is 10.4 Å². The molecule has 0 atom stereocenters. The maximum Gasteiger partial charge on any atom is 0.280 e. The van der Waals surface area contributed by atoms with Gasteiger partial charge in [-0.25, -0.2) is 13.8 Å². The Morgan fingerprint density at radius 1 is 1.21 bits per heavy atom. The Morgan fingerprint density at radius 2 is 2.00 bits per heavy atom. The molecule has 0 radical (unpaired) electrons. The summed E-state index contributed by atoms with van der Waals surface area (Å²) in [6, 6.07) is 17.7. The van der Waals surface area contributed by atoms with Crippen molar-refractivity contribution in [1.29, 1.82) is 5.26 Å². The van der Waals surface area contributed by atoms with E-state index >= 15 is 0 Å². The number of thioether (sulfide) groups is 1. The molecule has 2 aromatic carbocycles. The van der Waals surface area contributed by atoms with Gasteiger partial charge < -0.3 is 10.1 Å². The number of aryl methyl sites for hydroxylation is 1. The smallest absolute Gasteiger partial charge is 0.280 e. The van der Waals surface area contributed by atoms with Crippen molar-refractivity contribution in [3.05, 3.63) is 101 Å². The summed E-state index contributed by atoms with van der Waals surface area (Å²) in [6.07, 6.45) is 2.48. The Labute approximate surface area is 257 Å². The van der Waals surface area contributed by atoms with Crippen LogP contribution in [-0.2, 0) is 23.6 Å². The predicted octanol–water partition coefficient (Wildman–Crippen LogP) is 6.33. The second-order valence-corrected chi connectivity index (χ2v) is 10.8. The van der Waals surface area contributed by atoms with E-state index in [0.717, 1.165) is 17.7 Å². The van der Waals surface area contributed by atoms with E-state index in [0.29, 0.717) is 39.8 Å². The molecule has 218 valence electrons. The highest BCUT2D eigenvalue weighted by Gasteiger charge is 2.31. The van der Waals surface area contributed by atoms with E-state index < -0.39 is 12.1 Å². The van der Waals surface area contributed by atoms with E-state index in [1.807, 2.05) is 25.3 Å². The lowest BCUT2D eigenvalue weighted by molar-refractivity contribution is -0.122. The maximum atomic E-state index is 13.8. The fraction of sp³-hybridized carbons (Fsp3) is 0.194. The van der Waals surface area contributed by atoms with Gasteiger partial charge in [0.15, 0.2) is 5.11 Å². The van der Waals surface area contributed by atoms with Crippen LogP contribution in [0.15, 0.2) is 77.7 Å². The second kappa shape index (κ2) is 13.1. The van der Waals surface area contributed by atoms with Gasteiger partial charge in [0.1, 0.15) is 28.2 Å². The number of alkyl halides is 2. The van der Waals surface area contributed by atoms with Crippen molar-refractivity contribution in [3.63, 3.8) is 0 Å². The summed E-state index contributed by atoms with van der Waals surface area (Å²) in [4.78, 5) is 18.8. The van der Waals surface area contributed by atoms with Crippen LogP contribution in [0.2, 0.25) is 0 Å². The molecule has 2 aromatic heterocycles. The summed E-state index contributed by atoms with van der Waals surface area (Å²) in [5.74, 6) is 0.578. The zero-order chi connectivity index (χ0) is 30.5. The topological polar surface area (TPSA) is 96.1 Å². The molecule has 0 unspecified atom stereocenters. The molecule has 1 aliphatic heterocycles. The predicted molar refractivity (Wildman–Crippen MR) is 164 cm³/mol. The number of nitrogens with zero attached hydrogens (tertiary/aromatic N) is 5. The fourth-order valence-corrected chi connectivity index (χ4v) is 5.83. The molecular weight excluding hydrogens is 591 g/mol. The number of methoxy groups -OCH3 is 1. The highest BCUT2D eigenvalue weighted by Crippen LogP contribution is 2.36. The summed E-state index contributed by atoms with van der Waals surface area (Å²) in [5.41, 5.74) is 3.48. The van der Waals surface area contributed by atoms with E-state index in [1.165, 1.54) is 29.8 Å². The van der Waals surface area contributed by atoms with Crippen LogP contribution in [-0.4, -0.2) is 37.8 Å². The van der Waals surface area contributed by atoms with Crippen molar-refractivity contribution in [2.24, 2.45) is 0 Å². The largest absolute Gasteiger partial charge is 0.496 e. The number of nitriles is 1. The van der Waals surface area contributed by atoms with Crippen LogP contribution in [0.1, 0.15) is 41.3 Å². The Bertz CT molecular complexity index is 1750. The Balaban J connectivity index is 1.41.